The van der Waals surface area contributed by atoms with E-state index in [9.17, 15) is 9.59 Å². The van der Waals surface area contributed by atoms with Gasteiger partial charge in [0.2, 0.25) is 5.91 Å². The highest BCUT2D eigenvalue weighted by Gasteiger charge is 2.28. The highest BCUT2D eigenvalue weighted by Crippen LogP contribution is 2.28. The van der Waals surface area contributed by atoms with Crippen LogP contribution in [0.1, 0.15) is 37.0 Å². The molecule has 25 heavy (non-hydrogen) atoms. The molecule has 0 aromatic heterocycles. The lowest BCUT2D eigenvalue weighted by Gasteiger charge is -2.22. The quantitative estimate of drug-likeness (QED) is 0.901. The molecular formula is C20H22N2O3. The Kier molecular flexibility index (Phi) is 5.03. The zero-order valence-electron chi connectivity index (χ0n) is 14.5. The first kappa shape index (κ1) is 17.0. The number of hydrogen-bond acceptors (Lipinski definition) is 3. The number of rotatable bonds is 5. The third-order valence-electron chi connectivity index (χ3n) is 4.27. The molecule has 0 spiro atoms. The van der Waals surface area contributed by atoms with E-state index in [0.717, 1.165) is 12.1 Å². The number of benzene rings is 2. The Morgan fingerprint density at radius 2 is 2.04 bits per heavy atom. The van der Waals surface area contributed by atoms with Gasteiger partial charge in [-0.2, -0.15) is 0 Å². The van der Waals surface area contributed by atoms with E-state index in [1.807, 2.05) is 44.2 Å². The Labute approximate surface area is 147 Å². The van der Waals surface area contributed by atoms with E-state index in [0.29, 0.717) is 30.0 Å². The highest BCUT2D eigenvalue weighted by atomic mass is 16.5. The van der Waals surface area contributed by atoms with Crippen LogP contribution in [0.2, 0.25) is 0 Å². The van der Waals surface area contributed by atoms with Gasteiger partial charge in [0.05, 0.1) is 6.61 Å². The van der Waals surface area contributed by atoms with E-state index in [1.165, 1.54) is 0 Å². The van der Waals surface area contributed by atoms with Crippen LogP contribution in [0.25, 0.3) is 0 Å². The number of hydrogen-bond donors (Lipinski definition) is 1. The second-order valence-electron chi connectivity index (χ2n) is 6.12. The molecule has 0 bridgehead atoms. The fourth-order valence-corrected chi connectivity index (χ4v) is 3.06. The van der Waals surface area contributed by atoms with Crippen LogP contribution in [-0.4, -0.2) is 24.5 Å². The first-order valence-electron chi connectivity index (χ1n) is 8.55. The second-order valence-corrected chi connectivity index (χ2v) is 6.12. The van der Waals surface area contributed by atoms with Crippen molar-refractivity contribution < 1.29 is 14.3 Å². The predicted molar refractivity (Wildman–Crippen MR) is 98.2 cm³/mol. The van der Waals surface area contributed by atoms with Gasteiger partial charge in [-0.1, -0.05) is 12.1 Å². The Morgan fingerprint density at radius 1 is 1.24 bits per heavy atom. The number of ether oxygens (including phenoxy) is 1. The Bertz CT molecular complexity index is 788. The number of carbonyl (C=O) groups excluding carboxylic acids is 2. The summed E-state index contributed by atoms with van der Waals surface area (Å²) in [7, 11) is 0. The lowest BCUT2D eigenvalue weighted by atomic mass is 10.2. The highest BCUT2D eigenvalue weighted by molar-refractivity contribution is 6.05. The summed E-state index contributed by atoms with van der Waals surface area (Å²) in [6.07, 6.45) is 1.43. The summed E-state index contributed by atoms with van der Waals surface area (Å²) in [4.78, 5) is 26.3. The van der Waals surface area contributed by atoms with E-state index < -0.39 is 0 Å². The zero-order valence-corrected chi connectivity index (χ0v) is 14.5. The van der Waals surface area contributed by atoms with Crippen molar-refractivity contribution in [1.29, 1.82) is 0 Å². The van der Waals surface area contributed by atoms with Crippen molar-refractivity contribution in [3.05, 3.63) is 54.1 Å². The topological polar surface area (TPSA) is 58.6 Å². The molecule has 2 amide bonds. The molecule has 1 aliphatic rings. The first-order valence-corrected chi connectivity index (χ1v) is 8.55. The smallest absolute Gasteiger partial charge is 0.255 e. The van der Waals surface area contributed by atoms with Gasteiger partial charge in [-0.05, 0) is 56.7 Å². The minimum Gasteiger partial charge on any atom is -0.494 e. The fourth-order valence-electron chi connectivity index (χ4n) is 3.06. The van der Waals surface area contributed by atoms with Gasteiger partial charge < -0.3 is 15.0 Å². The van der Waals surface area contributed by atoms with Gasteiger partial charge in [0.25, 0.3) is 5.91 Å². The molecule has 1 fully saturated rings. The number of amides is 2. The number of anilines is 2. The van der Waals surface area contributed by atoms with Crippen molar-refractivity contribution in [3.8, 4) is 5.75 Å². The molecule has 1 unspecified atom stereocenters. The van der Waals surface area contributed by atoms with Crippen molar-refractivity contribution >= 4 is 23.2 Å². The van der Waals surface area contributed by atoms with Gasteiger partial charge in [0.1, 0.15) is 5.75 Å². The predicted octanol–water partition coefficient (Wildman–Crippen LogP) is 3.85. The molecule has 1 aliphatic heterocycles. The Hall–Kier alpha value is -2.82. The van der Waals surface area contributed by atoms with Crippen molar-refractivity contribution in [3.63, 3.8) is 0 Å². The lowest BCUT2D eigenvalue weighted by Crippen LogP contribution is -2.30. The maximum atomic E-state index is 12.5. The molecule has 1 N–H and O–H groups in total. The fraction of sp³-hybridized carbons (Fsp3) is 0.300. The SMILES string of the molecule is CCOc1cccc(C(=O)Nc2cccc(N3C(=O)CCC3C)c2)c1. The summed E-state index contributed by atoms with van der Waals surface area (Å²) in [5, 5.41) is 2.89. The molecule has 1 saturated heterocycles. The van der Waals surface area contributed by atoms with Gasteiger partial charge in [0.15, 0.2) is 0 Å². The molecule has 5 nitrogen and oxygen atoms in total. The zero-order chi connectivity index (χ0) is 17.8. The maximum Gasteiger partial charge on any atom is 0.255 e. The molecule has 0 aliphatic carbocycles. The monoisotopic (exact) mass is 338 g/mol. The van der Waals surface area contributed by atoms with Crippen molar-refractivity contribution in [2.75, 3.05) is 16.8 Å². The Morgan fingerprint density at radius 3 is 2.76 bits per heavy atom. The van der Waals surface area contributed by atoms with E-state index >= 15 is 0 Å². The minimum atomic E-state index is -0.209. The largest absolute Gasteiger partial charge is 0.494 e. The summed E-state index contributed by atoms with van der Waals surface area (Å²) in [6.45, 7) is 4.49. The second kappa shape index (κ2) is 7.38. The van der Waals surface area contributed by atoms with Crippen molar-refractivity contribution in [2.45, 2.75) is 32.7 Å². The molecule has 130 valence electrons. The Balaban J connectivity index is 1.77. The normalized spacial score (nSPS) is 16.8. The van der Waals surface area contributed by atoms with E-state index in [4.69, 9.17) is 4.74 Å². The van der Waals surface area contributed by atoms with Gasteiger partial charge in [-0.3, -0.25) is 9.59 Å². The van der Waals surface area contributed by atoms with E-state index in [-0.39, 0.29) is 17.9 Å². The van der Waals surface area contributed by atoms with Crippen LogP contribution >= 0.6 is 0 Å². The summed E-state index contributed by atoms with van der Waals surface area (Å²) in [5.74, 6) is 0.584. The number of nitrogens with zero attached hydrogens (tertiary/aromatic N) is 1. The molecule has 2 aromatic carbocycles. The van der Waals surface area contributed by atoms with Gasteiger partial charge in [-0.15, -0.1) is 0 Å². The average Bonchev–Trinajstić information content (AvgIpc) is 2.94. The summed E-state index contributed by atoms with van der Waals surface area (Å²) in [6, 6.07) is 14.7. The summed E-state index contributed by atoms with van der Waals surface area (Å²) in [5.41, 5.74) is 2.01. The van der Waals surface area contributed by atoms with Crippen LogP contribution in [0.3, 0.4) is 0 Å². The molecule has 3 rings (SSSR count). The summed E-state index contributed by atoms with van der Waals surface area (Å²) < 4.78 is 5.43. The van der Waals surface area contributed by atoms with Crippen LogP contribution in [-0.2, 0) is 4.79 Å². The summed E-state index contributed by atoms with van der Waals surface area (Å²) >= 11 is 0. The first-order chi connectivity index (χ1) is 12.1. The molecule has 0 radical (unpaired) electrons. The lowest BCUT2D eigenvalue weighted by molar-refractivity contribution is -0.117. The maximum absolute atomic E-state index is 12.5. The van der Waals surface area contributed by atoms with Crippen LogP contribution in [0.4, 0.5) is 11.4 Å². The standard InChI is InChI=1S/C20H22N2O3/c1-3-25-18-9-4-6-15(12-18)20(24)21-16-7-5-8-17(13-16)22-14(2)10-11-19(22)23/h4-9,12-14H,3,10-11H2,1-2H3,(H,21,24). The van der Waals surface area contributed by atoms with Gasteiger partial charge in [0, 0.05) is 29.4 Å². The molecule has 5 heteroatoms. The van der Waals surface area contributed by atoms with Crippen molar-refractivity contribution in [1.82, 2.24) is 0 Å². The van der Waals surface area contributed by atoms with Gasteiger partial charge in [-0.25, -0.2) is 0 Å². The van der Waals surface area contributed by atoms with Gasteiger partial charge >= 0.3 is 0 Å². The number of carbonyl (C=O) groups is 2. The average molecular weight is 338 g/mol. The van der Waals surface area contributed by atoms with Crippen LogP contribution < -0.4 is 15.0 Å². The molecular weight excluding hydrogens is 316 g/mol. The van der Waals surface area contributed by atoms with E-state index in [2.05, 4.69) is 5.32 Å². The molecule has 1 atom stereocenters. The third-order valence-corrected chi connectivity index (χ3v) is 4.27. The molecule has 0 saturated carbocycles. The van der Waals surface area contributed by atoms with Crippen molar-refractivity contribution in [2.24, 2.45) is 0 Å². The van der Waals surface area contributed by atoms with Crippen LogP contribution in [0, 0.1) is 0 Å². The van der Waals surface area contributed by atoms with Crippen LogP contribution in [0.5, 0.6) is 5.75 Å². The minimum absolute atomic E-state index is 0.125. The van der Waals surface area contributed by atoms with E-state index in [1.54, 1.807) is 23.1 Å². The van der Waals surface area contributed by atoms with Crippen LogP contribution in [0.15, 0.2) is 48.5 Å². The number of nitrogens with one attached hydrogen (secondary N) is 1. The third kappa shape index (κ3) is 3.82. The molecule has 2 aromatic rings. The molecule has 1 heterocycles.